The molecule has 0 N–H and O–H groups in total. The van der Waals surface area contributed by atoms with Crippen LogP contribution in [0.3, 0.4) is 0 Å². The third-order valence-electron chi connectivity index (χ3n) is 2.43. The fourth-order valence-corrected chi connectivity index (χ4v) is 2.70. The van der Waals surface area contributed by atoms with E-state index in [1.165, 1.54) is 11.3 Å². The summed E-state index contributed by atoms with van der Waals surface area (Å²) in [5, 5.41) is 1.89. The van der Waals surface area contributed by atoms with Crippen LogP contribution in [0.15, 0.2) is 15.9 Å². The highest BCUT2D eigenvalue weighted by Gasteiger charge is 2.33. The predicted octanol–water partition coefficient (Wildman–Crippen LogP) is 3.51. The summed E-state index contributed by atoms with van der Waals surface area (Å²) in [4.78, 5) is 12.8. The maximum absolute atomic E-state index is 12.1. The number of rotatable bonds is 4. The number of carbonyl (C=O) groups is 1. The van der Waals surface area contributed by atoms with Crippen LogP contribution in [0, 0.1) is 0 Å². The van der Waals surface area contributed by atoms with Gasteiger partial charge in [-0.15, -0.1) is 11.3 Å². The predicted molar refractivity (Wildman–Crippen MR) is 62.1 cm³/mol. The van der Waals surface area contributed by atoms with E-state index in [1.807, 2.05) is 25.3 Å². The lowest BCUT2D eigenvalue weighted by atomic mass is 9.96. The second kappa shape index (κ2) is 4.55. The third-order valence-corrected chi connectivity index (χ3v) is 4.27. The van der Waals surface area contributed by atoms with Crippen molar-refractivity contribution in [3.05, 3.63) is 20.8 Å². The van der Waals surface area contributed by atoms with E-state index in [9.17, 15) is 4.79 Å². The first-order valence-corrected chi connectivity index (χ1v) is 6.05. The summed E-state index contributed by atoms with van der Waals surface area (Å²) in [6, 6.07) is 1.88. The van der Waals surface area contributed by atoms with E-state index in [4.69, 9.17) is 4.74 Å². The van der Waals surface area contributed by atoms with Crippen LogP contribution in [0.2, 0.25) is 0 Å². The number of methoxy groups -OCH3 is 1. The van der Waals surface area contributed by atoms with Gasteiger partial charge in [0.05, 0.1) is 4.88 Å². The van der Waals surface area contributed by atoms with Crippen molar-refractivity contribution in [3.63, 3.8) is 0 Å². The van der Waals surface area contributed by atoms with E-state index in [2.05, 4.69) is 15.9 Å². The minimum absolute atomic E-state index is 0.0457. The van der Waals surface area contributed by atoms with E-state index >= 15 is 0 Å². The molecule has 4 heteroatoms. The van der Waals surface area contributed by atoms with Gasteiger partial charge in [0.15, 0.2) is 0 Å². The highest BCUT2D eigenvalue weighted by atomic mass is 79.9. The van der Waals surface area contributed by atoms with Crippen molar-refractivity contribution < 1.29 is 9.53 Å². The van der Waals surface area contributed by atoms with Crippen molar-refractivity contribution in [2.75, 3.05) is 7.11 Å². The molecule has 0 aliphatic carbocycles. The van der Waals surface area contributed by atoms with Crippen LogP contribution < -0.4 is 0 Å². The minimum Gasteiger partial charge on any atom is -0.370 e. The molecule has 0 amide bonds. The van der Waals surface area contributed by atoms with Crippen molar-refractivity contribution in [2.24, 2.45) is 0 Å². The van der Waals surface area contributed by atoms with Crippen molar-refractivity contribution in [3.8, 4) is 0 Å². The van der Waals surface area contributed by atoms with Crippen LogP contribution in [-0.4, -0.2) is 18.5 Å². The number of hydrogen-bond acceptors (Lipinski definition) is 3. The molecular formula is C10H13BrO2S. The summed E-state index contributed by atoms with van der Waals surface area (Å²) in [6.45, 7) is 3.77. The van der Waals surface area contributed by atoms with Crippen LogP contribution in [0.4, 0.5) is 0 Å². The summed E-state index contributed by atoms with van der Waals surface area (Å²) in [6.07, 6.45) is 0.673. The van der Waals surface area contributed by atoms with Gasteiger partial charge in [-0.25, -0.2) is 0 Å². The molecule has 1 heterocycles. The SMILES string of the molecule is CCC(C)(OC)C(=O)c1sccc1Br. The number of halogens is 1. The van der Waals surface area contributed by atoms with Crippen LogP contribution in [0.1, 0.15) is 29.9 Å². The number of hydrogen-bond donors (Lipinski definition) is 0. The van der Waals surface area contributed by atoms with Gasteiger partial charge in [-0.1, -0.05) is 6.92 Å². The molecule has 78 valence electrons. The van der Waals surface area contributed by atoms with Gasteiger partial charge in [-0.3, -0.25) is 4.79 Å². The van der Waals surface area contributed by atoms with E-state index in [1.54, 1.807) is 7.11 Å². The number of Topliss-reactive ketones (excluding diaryl/α,β-unsaturated/α-hetero) is 1. The normalized spacial score (nSPS) is 15.1. The molecular weight excluding hydrogens is 264 g/mol. The fraction of sp³-hybridized carbons (Fsp3) is 0.500. The molecule has 0 aliphatic rings. The third kappa shape index (κ3) is 2.07. The van der Waals surface area contributed by atoms with Gasteiger partial charge < -0.3 is 4.74 Å². The molecule has 0 saturated heterocycles. The van der Waals surface area contributed by atoms with Crippen LogP contribution in [0.25, 0.3) is 0 Å². The zero-order chi connectivity index (χ0) is 10.8. The first-order chi connectivity index (χ1) is 6.55. The number of carbonyl (C=O) groups excluding carboxylic acids is 1. The van der Waals surface area contributed by atoms with Crippen molar-refractivity contribution in [1.29, 1.82) is 0 Å². The van der Waals surface area contributed by atoms with Crippen LogP contribution in [0.5, 0.6) is 0 Å². The summed E-state index contributed by atoms with van der Waals surface area (Å²) in [7, 11) is 1.57. The largest absolute Gasteiger partial charge is 0.370 e. The van der Waals surface area contributed by atoms with E-state index in [0.717, 1.165) is 9.35 Å². The Morgan fingerprint density at radius 2 is 2.36 bits per heavy atom. The molecule has 0 spiro atoms. The Morgan fingerprint density at radius 3 is 2.71 bits per heavy atom. The second-order valence-corrected chi connectivity index (χ2v) is 4.99. The highest BCUT2D eigenvalue weighted by Crippen LogP contribution is 2.29. The average Bonchev–Trinajstić information content (AvgIpc) is 2.62. The van der Waals surface area contributed by atoms with Crippen molar-refractivity contribution >= 4 is 33.0 Å². The quantitative estimate of drug-likeness (QED) is 0.787. The Hall–Kier alpha value is -0.190. The van der Waals surface area contributed by atoms with Gasteiger partial charge in [-0.2, -0.15) is 0 Å². The molecule has 0 fully saturated rings. The lowest BCUT2D eigenvalue weighted by Gasteiger charge is -2.24. The number of thiophene rings is 1. The minimum atomic E-state index is -0.701. The lowest BCUT2D eigenvalue weighted by Crippen LogP contribution is -2.36. The summed E-state index contributed by atoms with van der Waals surface area (Å²) >= 11 is 4.79. The monoisotopic (exact) mass is 276 g/mol. The molecule has 1 rings (SSSR count). The second-order valence-electron chi connectivity index (χ2n) is 3.22. The molecule has 0 radical (unpaired) electrons. The van der Waals surface area contributed by atoms with Crippen LogP contribution >= 0.6 is 27.3 Å². The molecule has 1 aromatic heterocycles. The van der Waals surface area contributed by atoms with E-state index in [-0.39, 0.29) is 5.78 Å². The summed E-state index contributed by atoms with van der Waals surface area (Å²) in [5.74, 6) is 0.0457. The maximum Gasteiger partial charge on any atom is 0.205 e. The maximum atomic E-state index is 12.1. The summed E-state index contributed by atoms with van der Waals surface area (Å²) in [5.41, 5.74) is -0.701. The standard InChI is InChI=1S/C10H13BrO2S/c1-4-10(2,13-3)9(12)8-7(11)5-6-14-8/h5-6H,4H2,1-3H3. The van der Waals surface area contributed by atoms with Crippen molar-refractivity contribution in [1.82, 2.24) is 0 Å². The first-order valence-electron chi connectivity index (χ1n) is 4.38. The molecule has 0 aliphatic heterocycles. The topological polar surface area (TPSA) is 26.3 Å². The van der Waals surface area contributed by atoms with Crippen molar-refractivity contribution in [2.45, 2.75) is 25.9 Å². The Kier molecular flexibility index (Phi) is 3.86. The van der Waals surface area contributed by atoms with E-state index < -0.39 is 5.60 Å². The Balaban J connectivity index is 3.01. The van der Waals surface area contributed by atoms with Gasteiger partial charge in [-0.05, 0) is 40.7 Å². The molecule has 0 aromatic carbocycles. The summed E-state index contributed by atoms with van der Waals surface area (Å²) < 4.78 is 6.11. The molecule has 1 aromatic rings. The molecule has 0 saturated carbocycles. The molecule has 14 heavy (non-hydrogen) atoms. The zero-order valence-corrected chi connectivity index (χ0v) is 10.9. The Morgan fingerprint density at radius 1 is 1.71 bits per heavy atom. The van der Waals surface area contributed by atoms with Gasteiger partial charge in [0.2, 0.25) is 5.78 Å². The number of ketones is 1. The van der Waals surface area contributed by atoms with Crippen LogP contribution in [-0.2, 0) is 4.74 Å². The van der Waals surface area contributed by atoms with Gasteiger partial charge in [0.25, 0.3) is 0 Å². The van der Waals surface area contributed by atoms with Gasteiger partial charge in [0.1, 0.15) is 5.60 Å². The Bertz CT molecular complexity index is 329. The van der Waals surface area contributed by atoms with Gasteiger partial charge in [0, 0.05) is 11.6 Å². The smallest absolute Gasteiger partial charge is 0.205 e. The van der Waals surface area contributed by atoms with E-state index in [0.29, 0.717) is 6.42 Å². The average molecular weight is 277 g/mol. The molecule has 0 bridgehead atoms. The number of ether oxygens (including phenoxy) is 1. The zero-order valence-electron chi connectivity index (χ0n) is 8.46. The molecule has 2 nitrogen and oxygen atoms in total. The van der Waals surface area contributed by atoms with Gasteiger partial charge >= 0.3 is 0 Å². The molecule has 1 atom stereocenters. The highest BCUT2D eigenvalue weighted by molar-refractivity contribution is 9.10. The first kappa shape index (κ1) is 11.9. The Labute approximate surface area is 96.4 Å². The molecule has 1 unspecified atom stereocenters. The fourth-order valence-electron chi connectivity index (χ4n) is 1.09. The lowest BCUT2D eigenvalue weighted by molar-refractivity contribution is 0.0109.